The van der Waals surface area contributed by atoms with Gasteiger partial charge in [0.15, 0.2) is 6.39 Å². The number of carbonyl (C=O) groups is 2. The number of hydrogen-bond acceptors (Lipinski definition) is 6. The van der Waals surface area contributed by atoms with Gasteiger partial charge in [-0.05, 0) is 31.2 Å². The molecule has 1 aromatic carbocycles. The molecule has 0 saturated carbocycles. The molecular formula is C16H17N3O6S. The van der Waals surface area contributed by atoms with Gasteiger partial charge >= 0.3 is 5.97 Å². The Bertz CT molecular complexity index is 927. The Morgan fingerprint density at radius 3 is 2.23 bits per heavy atom. The summed E-state index contributed by atoms with van der Waals surface area (Å²) in [6.45, 7) is 2.40. The summed E-state index contributed by atoms with van der Waals surface area (Å²) < 4.78 is 31.7. The van der Waals surface area contributed by atoms with E-state index in [1.54, 1.807) is 6.92 Å². The van der Waals surface area contributed by atoms with Crippen molar-refractivity contribution < 1.29 is 27.5 Å². The van der Waals surface area contributed by atoms with Crippen molar-refractivity contribution >= 4 is 21.9 Å². The molecule has 2 heterocycles. The van der Waals surface area contributed by atoms with E-state index in [0.29, 0.717) is 5.69 Å². The number of carbonyl (C=O) groups excluding carboxylic acids is 1. The smallest absolute Gasteiger partial charge is 0.335 e. The lowest BCUT2D eigenvalue weighted by atomic mass is 10.2. The molecule has 1 amide bonds. The molecule has 1 aliphatic rings. The summed E-state index contributed by atoms with van der Waals surface area (Å²) in [5.74, 6) is -1.28. The molecule has 2 aromatic rings. The first-order valence-electron chi connectivity index (χ1n) is 7.83. The maximum absolute atomic E-state index is 12.7. The number of carboxylic acids is 1. The van der Waals surface area contributed by atoms with E-state index in [1.165, 1.54) is 39.9 Å². The molecular weight excluding hydrogens is 362 g/mol. The van der Waals surface area contributed by atoms with Gasteiger partial charge < -0.3 is 14.4 Å². The van der Waals surface area contributed by atoms with Crippen molar-refractivity contribution in [3.63, 3.8) is 0 Å². The van der Waals surface area contributed by atoms with Crippen molar-refractivity contribution in [2.75, 3.05) is 26.2 Å². The lowest BCUT2D eigenvalue weighted by molar-refractivity contribution is 0.0663. The van der Waals surface area contributed by atoms with Gasteiger partial charge in [0.1, 0.15) is 0 Å². The van der Waals surface area contributed by atoms with Gasteiger partial charge in [-0.3, -0.25) is 4.79 Å². The number of sulfonamides is 1. The van der Waals surface area contributed by atoms with Crippen LogP contribution in [0.15, 0.2) is 40.0 Å². The molecule has 0 spiro atoms. The summed E-state index contributed by atoms with van der Waals surface area (Å²) in [4.78, 5) is 28.7. The lowest BCUT2D eigenvalue weighted by Crippen LogP contribution is -2.50. The molecule has 0 atom stereocenters. The number of carboxylic acid groups (broad SMARTS) is 1. The zero-order chi connectivity index (χ0) is 18.9. The van der Waals surface area contributed by atoms with Crippen molar-refractivity contribution in [2.45, 2.75) is 11.8 Å². The minimum absolute atomic E-state index is 0.0155. The summed E-state index contributed by atoms with van der Waals surface area (Å²) >= 11 is 0. The van der Waals surface area contributed by atoms with E-state index in [2.05, 4.69) is 4.98 Å². The van der Waals surface area contributed by atoms with Crippen LogP contribution in [0.2, 0.25) is 0 Å². The molecule has 1 aromatic heterocycles. The summed E-state index contributed by atoms with van der Waals surface area (Å²) in [5, 5.41) is 8.90. The van der Waals surface area contributed by atoms with Crippen LogP contribution in [0.4, 0.5) is 0 Å². The fraction of sp³-hybridized carbons (Fsp3) is 0.312. The third kappa shape index (κ3) is 3.33. The fourth-order valence-corrected chi connectivity index (χ4v) is 4.12. The molecule has 1 aliphatic heterocycles. The van der Waals surface area contributed by atoms with Crippen molar-refractivity contribution in [2.24, 2.45) is 0 Å². The SMILES string of the molecule is Cc1ncoc1C(=O)N1CCN(S(=O)(=O)c2ccc(C(=O)O)cc2)CC1. The second kappa shape index (κ2) is 6.89. The predicted octanol–water partition coefficient (Wildman–Crippen LogP) is 0.828. The summed E-state index contributed by atoms with van der Waals surface area (Å²) in [5.41, 5.74) is 0.505. The number of nitrogens with zero attached hydrogens (tertiary/aromatic N) is 3. The Morgan fingerprint density at radius 2 is 1.73 bits per heavy atom. The molecule has 0 aliphatic carbocycles. The van der Waals surface area contributed by atoms with Gasteiger partial charge in [0.2, 0.25) is 15.8 Å². The molecule has 3 rings (SSSR count). The minimum atomic E-state index is -3.75. The Kier molecular flexibility index (Phi) is 4.79. The fourth-order valence-electron chi connectivity index (χ4n) is 2.70. The quantitative estimate of drug-likeness (QED) is 0.835. The molecule has 0 bridgehead atoms. The van der Waals surface area contributed by atoms with Gasteiger partial charge in [0.25, 0.3) is 5.91 Å². The number of benzene rings is 1. The molecule has 1 fully saturated rings. The van der Waals surface area contributed by atoms with Crippen LogP contribution in [0.5, 0.6) is 0 Å². The van der Waals surface area contributed by atoms with E-state index < -0.39 is 16.0 Å². The van der Waals surface area contributed by atoms with E-state index in [0.717, 1.165) is 0 Å². The Balaban J connectivity index is 1.69. The number of oxazole rings is 1. The minimum Gasteiger partial charge on any atom is -0.478 e. The van der Waals surface area contributed by atoms with Crippen molar-refractivity contribution in [3.8, 4) is 0 Å². The summed E-state index contributed by atoms with van der Waals surface area (Å²) in [7, 11) is -3.75. The second-order valence-corrected chi connectivity index (χ2v) is 7.73. The third-order valence-electron chi connectivity index (χ3n) is 4.20. The molecule has 138 valence electrons. The number of rotatable bonds is 4. The zero-order valence-electron chi connectivity index (χ0n) is 14.0. The van der Waals surface area contributed by atoms with Crippen LogP contribution in [0, 0.1) is 6.92 Å². The normalized spacial score (nSPS) is 15.8. The number of aryl methyl sites for hydroxylation is 1. The van der Waals surface area contributed by atoms with E-state index in [4.69, 9.17) is 9.52 Å². The monoisotopic (exact) mass is 379 g/mol. The topological polar surface area (TPSA) is 121 Å². The standard InChI is InChI=1S/C16H17N3O6S/c1-11-14(25-10-17-11)15(20)18-6-8-19(9-7-18)26(23,24)13-4-2-12(3-5-13)16(21)22/h2-5,10H,6-9H2,1H3,(H,21,22). The van der Waals surface area contributed by atoms with Gasteiger partial charge in [-0.15, -0.1) is 0 Å². The Morgan fingerprint density at radius 1 is 1.12 bits per heavy atom. The van der Waals surface area contributed by atoms with Gasteiger partial charge in [0.05, 0.1) is 16.2 Å². The molecule has 0 radical (unpaired) electrons. The van der Waals surface area contributed by atoms with Crippen LogP contribution in [-0.4, -0.2) is 65.8 Å². The molecule has 10 heteroatoms. The highest BCUT2D eigenvalue weighted by molar-refractivity contribution is 7.89. The number of piperazine rings is 1. The second-order valence-electron chi connectivity index (χ2n) is 5.79. The Labute approximate surface area is 149 Å². The molecule has 1 saturated heterocycles. The maximum atomic E-state index is 12.7. The third-order valence-corrected chi connectivity index (χ3v) is 6.12. The van der Waals surface area contributed by atoms with Crippen LogP contribution in [-0.2, 0) is 10.0 Å². The number of aromatic carboxylic acids is 1. The number of amides is 1. The first kappa shape index (κ1) is 18.1. The summed E-state index contributed by atoms with van der Waals surface area (Å²) in [6, 6.07) is 5.05. The van der Waals surface area contributed by atoms with Crippen molar-refractivity contribution in [1.82, 2.24) is 14.2 Å². The van der Waals surface area contributed by atoms with Crippen LogP contribution < -0.4 is 0 Å². The molecule has 1 N–H and O–H groups in total. The van der Waals surface area contributed by atoms with Crippen LogP contribution in [0.25, 0.3) is 0 Å². The van der Waals surface area contributed by atoms with Gasteiger partial charge in [-0.2, -0.15) is 4.31 Å². The predicted molar refractivity (Wildman–Crippen MR) is 89.3 cm³/mol. The van der Waals surface area contributed by atoms with E-state index >= 15 is 0 Å². The van der Waals surface area contributed by atoms with Crippen molar-refractivity contribution in [3.05, 3.63) is 47.7 Å². The lowest BCUT2D eigenvalue weighted by Gasteiger charge is -2.33. The number of aromatic nitrogens is 1. The maximum Gasteiger partial charge on any atom is 0.335 e. The average Bonchev–Trinajstić information content (AvgIpc) is 3.07. The van der Waals surface area contributed by atoms with Crippen LogP contribution >= 0.6 is 0 Å². The summed E-state index contributed by atoms with van der Waals surface area (Å²) in [6.07, 6.45) is 1.20. The number of hydrogen-bond donors (Lipinski definition) is 1. The van der Waals surface area contributed by atoms with E-state index in [9.17, 15) is 18.0 Å². The first-order valence-corrected chi connectivity index (χ1v) is 9.27. The highest BCUT2D eigenvalue weighted by Crippen LogP contribution is 2.19. The highest BCUT2D eigenvalue weighted by Gasteiger charge is 2.31. The zero-order valence-corrected chi connectivity index (χ0v) is 14.8. The Hall–Kier alpha value is -2.72. The highest BCUT2D eigenvalue weighted by atomic mass is 32.2. The van der Waals surface area contributed by atoms with E-state index in [1.807, 2.05) is 0 Å². The first-order chi connectivity index (χ1) is 12.3. The van der Waals surface area contributed by atoms with Crippen LogP contribution in [0.1, 0.15) is 26.6 Å². The van der Waals surface area contributed by atoms with Gasteiger partial charge in [-0.1, -0.05) is 0 Å². The van der Waals surface area contributed by atoms with Gasteiger partial charge in [-0.25, -0.2) is 18.2 Å². The van der Waals surface area contributed by atoms with Gasteiger partial charge in [0, 0.05) is 26.2 Å². The largest absolute Gasteiger partial charge is 0.478 e. The molecule has 9 nitrogen and oxygen atoms in total. The van der Waals surface area contributed by atoms with Crippen LogP contribution in [0.3, 0.4) is 0 Å². The molecule has 0 unspecified atom stereocenters. The van der Waals surface area contributed by atoms with E-state index in [-0.39, 0.29) is 48.3 Å². The van der Waals surface area contributed by atoms with Crippen molar-refractivity contribution in [1.29, 1.82) is 0 Å². The average molecular weight is 379 g/mol. The molecule has 26 heavy (non-hydrogen) atoms.